The standard InChI is InChI=1S/C9H9NO4/c10-5-1-2-6-7(3-5)14-8(4-13-6)9(11)12/h1-3,8H,4,10H2,(H,11,12). The lowest BCUT2D eigenvalue weighted by Crippen LogP contribution is -2.36. The molecule has 0 amide bonds. The quantitative estimate of drug-likeness (QED) is 0.637. The van der Waals surface area contributed by atoms with E-state index in [1.807, 2.05) is 0 Å². The lowest BCUT2D eigenvalue weighted by atomic mass is 10.2. The van der Waals surface area contributed by atoms with Crippen molar-refractivity contribution < 1.29 is 19.4 Å². The molecular weight excluding hydrogens is 186 g/mol. The zero-order valence-electron chi connectivity index (χ0n) is 7.27. The van der Waals surface area contributed by atoms with Gasteiger partial charge in [-0.25, -0.2) is 4.79 Å². The molecule has 0 bridgehead atoms. The molecule has 1 aliphatic rings. The number of hydrogen-bond donors (Lipinski definition) is 2. The summed E-state index contributed by atoms with van der Waals surface area (Å²) in [4.78, 5) is 10.6. The number of carboxylic acid groups (broad SMARTS) is 1. The molecule has 0 spiro atoms. The molecule has 3 N–H and O–H groups in total. The van der Waals surface area contributed by atoms with Gasteiger partial charge in [0.15, 0.2) is 11.5 Å². The van der Waals surface area contributed by atoms with Crippen LogP contribution in [0.1, 0.15) is 0 Å². The van der Waals surface area contributed by atoms with Gasteiger partial charge >= 0.3 is 5.97 Å². The largest absolute Gasteiger partial charge is 0.485 e. The minimum atomic E-state index is -1.04. The molecule has 14 heavy (non-hydrogen) atoms. The minimum Gasteiger partial charge on any atom is -0.485 e. The summed E-state index contributed by atoms with van der Waals surface area (Å²) < 4.78 is 10.4. The number of ether oxygens (including phenoxy) is 2. The van der Waals surface area contributed by atoms with Crippen LogP contribution in [-0.2, 0) is 4.79 Å². The molecule has 2 rings (SSSR count). The number of aliphatic carboxylic acids is 1. The summed E-state index contributed by atoms with van der Waals surface area (Å²) in [5, 5.41) is 8.70. The maximum atomic E-state index is 10.6. The molecule has 1 aromatic rings. The van der Waals surface area contributed by atoms with Gasteiger partial charge in [-0.2, -0.15) is 0 Å². The van der Waals surface area contributed by atoms with Crippen LogP contribution in [0.4, 0.5) is 5.69 Å². The van der Waals surface area contributed by atoms with Gasteiger partial charge in [0.25, 0.3) is 0 Å². The average molecular weight is 195 g/mol. The predicted molar refractivity (Wildman–Crippen MR) is 48.4 cm³/mol. The Hall–Kier alpha value is -1.91. The van der Waals surface area contributed by atoms with Crippen molar-refractivity contribution in [3.63, 3.8) is 0 Å². The first-order valence-electron chi connectivity index (χ1n) is 4.08. The second-order valence-electron chi connectivity index (χ2n) is 2.96. The first-order chi connectivity index (χ1) is 6.66. The Labute approximate surface area is 80.0 Å². The van der Waals surface area contributed by atoms with Gasteiger partial charge in [-0.1, -0.05) is 0 Å². The van der Waals surface area contributed by atoms with Crippen molar-refractivity contribution in [1.82, 2.24) is 0 Å². The van der Waals surface area contributed by atoms with E-state index in [0.29, 0.717) is 17.2 Å². The molecule has 74 valence electrons. The van der Waals surface area contributed by atoms with Gasteiger partial charge in [0.05, 0.1) is 0 Å². The molecule has 0 saturated heterocycles. The van der Waals surface area contributed by atoms with Crippen LogP contribution in [-0.4, -0.2) is 23.8 Å². The molecule has 1 aliphatic heterocycles. The third-order valence-corrected chi connectivity index (χ3v) is 1.90. The van der Waals surface area contributed by atoms with Crippen molar-refractivity contribution in [2.24, 2.45) is 0 Å². The summed E-state index contributed by atoms with van der Waals surface area (Å²) in [5.41, 5.74) is 6.03. The Morgan fingerprint density at radius 2 is 2.29 bits per heavy atom. The van der Waals surface area contributed by atoms with Gasteiger partial charge in [0, 0.05) is 11.8 Å². The fraction of sp³-hybridized carbons (Fsp3) is 0.222. The Bertz CT molecular complexity index is 377. The molecule has 0 fully saturated rings. The predicted octanol–water partition coefficient (Wildman–Crippen LogP) is 0.493. The molecule has 5 heteroatoms. The topological polar surface area (TPSA) is 81.8 Å². The first-order valence-corrected chi connectivity index (χ1v) is 4.08. The molecule has 1 aromatic carbocycles. The monoisotopic (exact) mass is 195 g/mol. The van der Waals surface area contributed by atoms with Crippen molar-refractivity contribution in [1.29, 1.82) is 0 Å². The van der Waals surface area contributed by atoms with Crippen LogP contribution in [0.15, 0.2) is 18.2 Å². The zero-order chi connectivity index (χ0) is 10.1. The van der Waals surface area contributed by atoms with E-state index in [0.717, 1.165) is 0 Å². The maximum Gasteiger partial charge on any atom is 0.348 e. The molecule has 1 atom stereocenters. The van der Waals surface area contributed by atoms with Crippen LogP contribution < -0.4 is 15.2 Å². The Balaban J connectivity index is 2.29. The summed E-state index contributed by atoms with van der Waals surface area (Å²) in [6, 6.07) is 4.87. The lowest BCUT2D eigenvalue weighted by Gasteiger charge is -2.23. The summed E-state index contributed by atoms with van der Waals surface area (Å²) >= 11 is 0. The van der Waals surface area contributed by atoms with Crippen LogP contribution >= 0.6 is 0 Å². The van der Waals surface area contributed by atoms with Crippen LogP contribution in [0.3, 0.4) is 0 Å². The van der Waals surface area contributed by atoms with E-state index in [-0.39, 0.29) is 6.61 Å². The van der Waals surface area contributed by atoms with Crippen LogP contribution in [0.25, 0.3) is 0 Å². The lowest BCUT2D eigenvalue weighted by molar-refractivity contribution is -0.147. The number of hydrogen-bond acceptors (Lipinski definition) is 4. The third kappa shape index (κ3) is 1.44. The first kappa shape index (κ1) is 8.68. The second-order valence-corrected chi connectivity index (χ2v) is 2.96. The number of carbonyl (C=O) groups is 1. The summed E-state index contributed by atoms with van der Waals surface area (Å²) in [7, 11) is 0. The summed E-state index contributed by atoms with van der Waals surface area (Å²) in [6.45, 7) is 0.0201. The number of nitrogen functional groups attached to an aromatic ring is 1. The van der Waals surface area contributed by atoms with Gasteiger partial charge in [0.1, 0.15) is 6.61 Å². The number of rotatable bonds is 1. The average Bonchev–Trinajstić information content (AvgIpc) is 2.16. The van der Waals surface area contributed by atoms with E-state index in [1.165, 1.54) is 0 Å². The van der Waals surface area contributed by atoms with Crippen LogP contribution in [0, 0.1) is 0 Å². The Kier molecular flexibility index (Phi) is 1.92. The smallest absolute Gasteiger partial charge is 0.348 e. The van der Waals surface area contributed by atoms with E-state index in [1.54, 1.807) is 18.2 Å². The van der Waals surface area contributed by atoms with Crippen molar-refractivity contribution in [2.45, 2.75) is 6.10 Å². The molecule has 0 radical (unpaired) electrons. The molecule has 1 unspecified atom stereocenters. The third-order valence-electron chi connectivity index (χ3n) is 1.90. The summed E-state index contributed by atoms with van der Waals surface area (Å²) in [6.07, 6.45) is -0.954. The van der Waals surface area contributed by atoms with E-state index in [9.17, 15) is 4.79 Å². The highest BCUT2D eigenvalue weighted by molar-refractivity contribution is 5.73. The van der Waals surface area contributed by atoms with Crippen molar-refractivity contribution in [3.8, 4) is 11.5 Å². The number of nitrogens with two attached hydrogens (primary N) is 1. The van der Waals surface area contributed by atoms with E-state index < -0.39 is 12.1 Å². The highest BCUT2D eigenvalue weighted by atomic mass is 16.6. The fourth-order valence-electron chi connectivity index (χ4n) is 1.21. The fourth-order valence-corrected chi connectivity index (χ4v) is 1.21. The van der Waals surface area contributed by atoms with E-state index >= 15 is 0 Å². The van der Waals surface area contributed by atoms with Crippen molar-refractivity contribution in [3.05, 3.63) is 18.2 Å². The zero-order valence-corrected chi connectivity index (χ0v) is 7.27. The second kappa shape index (κ2) is 3.10. The van der Waals surface area contributed by atoms with E-state index in [2.05, 4.69) is 0 Å². The van der Waals surface area contributed by atoms with Crippen molar-refractivity contribution in [2.75, 3.05) is 12.3 Å². The van der Waals surface area contributed by atoms with Gasteiger partial charge in [-0.15, -0.1) is 0 Å². The number of benzene rings is 1. The number of anilines is 1. The van der Waals surface area contributed by atoms with Gasteiger partial charge < -0.3 is 20.3 Å². The SMILES string of the molecule is Nc1ccc2c(c1)OC(C(=O)O)CO2. The highest BCUT2D eigenvalue weighted by Crippen LogP contribution is 2.33. The Morgan fingerprint density at radius 1 is 1.50 bits per heavy atom. The molecule has 0 saturated carbocycles. The normalized spacial score (nSPS) is 19.0. The van der Waals surface area contributed by atoms with Crippen molar-refractivity contribution >= 4 is 11.7 Å². The van der Waals surface area contributed by atoms with Gasteiger partial charge in [-0.3, -0.25) is 0 Å². The van der Waals surface area contributed by atoms with Crippen LogP contribution in [0.2, 0.25) is 0 Å². The number of fused-ring (bicyclic) bond motifs is 1. The van der Waals surface area contributed by atoms with Crippen LogP contribution in [0.5, 0.6) is 11.5 Å². The number of carboxylic acids is 1. The van der Waals surface area contributed by atoms with E-state index in [4.69, 9.17) is 20.3 Å². The molecule has 0 aromatic heterocycles. The maximum absolute atomic E-state index is 10.6. The molecule has 0 aliphatic carbocycles. The van der Waals surface area contributed by atoms with Gasteiger partial charge in [0.2, 0.25) is 6.10 Å². The van der Waals surface area contributed by atoms with Gasteiger partial charge in [-0.05, 0) is 12.1 Å². The molecule has 5 nitrogen and oxygen atoms in total. The summed E-state index contributed by atoms with van der Waals surface area (Å²) in [5.74, 6) is -0.140. The Morgan fingerprint density at radius 3 is 3.00 bits per heavy atom. The minimum absolute atomic E-state index is 0.0201. The molecular formula is C9H9NO4. The molecule has 1 heterocycles. The highest BCUT2D eigenvalue weighted by Gasteiger charge is 2.26.